The summed E-state index contributed by atoms with van der Waals surface area (Å²) in [6.07, 6.45) is 4.18. The maximum absolute atomic E-state index is 13.2. The van der Waals surface area contributed by atoms with Crippen molar-refractivity contribution in [1.82, 2.24) is 9.62 Å². The fourth-order valence-corrected chi connectivity index (χ4v) is 6.76. The van der Waals surface area contributed by atoms with Crippen LogP contribution in [-0.2, 0) is 14.8 Å². The SMILES string of the molecule is O=S(=O)(c1ccc(OC(F)F)cc1)N1[C@@H]2CC[C@H]1CC(NCC1(O)CCOCC1)C2. The third-order valence-electron chi connectivity index (χ3n) is 6.43. The first-order chi connectivity index (χ1) is 14.3. The van der Waals surface area contributed by atoms with E-state index in [0.29, 0.717) is 45.4 Å². The highest BCUT2D eigenvalue weighted by atomic mass is 32.2. The molecule has 168 valence electrons. The molecular formula is C20H28F2N2O5S. The van der Waals surface area contributed by atoms with Crippen molar-refractivity contribution in [2.45, 2.75) is 73.8 Å². The van der Waals surface area contributed by atoms with E-state index >= 15 is 0 Å². The number of piperidine rings is 1. The molecule has 0 spiro atoms. The number of nitrogens with zero attached hydrogens (tertiary/aromatic N) is 1. The second-order valence-electron chi connectivity index (χ2n) is 8.46. The van der Waals surface area contributed by atoms with Crippen molar-refractivity contribution < 1.29 is 31.8 Å². The van der Waals surface area contributed by atoms with Gasteiger partial charge in [0.15, 0.2) is 0 Å². The number of aliphatic hydroxyl groups is 1. The summed E-state index contributed by atoms with van der Waals surface area (Å²) in [5.41, 5.74) is -0.761. The van der Waals surface area contributed by atoms with Crippen molar-refractivity contribution in [3.63, 3.8) is 0 Å². The Morgan fingerprint density at radius 2 is 1.77 bits per heavy atom. The van der Waals surface area contributed by atoms with E-state index in [1.54, 1.807) is 4.31 Å². The van der Waals surface area contributed by atoms with E-state index in [1.807, 2.05) is 0 Å². The van der Waals surface area contributed by atoms with E-state index in [-0.39, 0.29) is 28.8 Å². The van der Waals surface area contributed by atoms with Gasteiger partial charge >= 0.3 is 6.61 Å². The molecule has 3 heterocycles. The Morgan fingerprint density at radius 1 is 1.17 bits per heavy atom. The molecule has 4 rings (SSSR count). The summed E-state index contributed by atoms with van der Waals surface area (Å²) in [7, 11) is -3.72. The van der Waals surface area contributed by atoms with Crippen LogP contribution < -0.4 is 10.1 Å². The van der Waals surface area contributed by atoms with Crippen LogP contribution in [0.2, 0.25) is 0 Å². The average molecular weight is 447 g/mol. The van der Waals surface area contributed by atoms with Crippen LogP contribution in [0.3, 0.4) is 0 Å². The molecule has 10 heteroatoms. The summed E-state index contributed by atoms with van der Waals surface area (Å²) in [5, 5.41) is 14.1. The normalized spacial score (nSPS) is 29.3. The van der Waals surface area contributed by atoms with Crippen LogP contribution in [0.25, 0.3) is 0 Å². The van der Waals surface area contributed by atoms with E-state index in [1.165, 1.54) is 24.3 Å². The van der Waals surface area contributed by atoms with Gasteiger partial charge in [0.1, 0.15) is 5.75 Å². The van der Waals surface area contributed by atoms with Gasteiger partial charge in [0.25, 0.3) is 0 Å². The van der Waals surface area contributed by atoms with Crippen molar-refractivity contribution in [3.8, 4) is 5.75 Å². The molecule has 1 unspecified atom stereocenters. The molecule has 1 aromatic carbocycles. The van der Waals surface area contributed by atoms with Gasteiger partial charge in [-0.15, -0.1) is 0 Å². The topological polar surface area (TPSA) is 88.1 Å². The molecule has 7 nitrogen and oxygen atoms in total. The van der Waals surface area contributed by atoms with Crippen LogP contribution in [0.4, 0.5) is 8.78 Å². The van der Waals surface area contributed by atoms with Gasteiger partial charge in [0, 0.05) is 50.7 Å². The van der Waals surface area contributed by atoms with E-state index in [9.17, 15) is 22.3 Å². The molecule has 1 aromatic rings. The van der Waals surface area contributed by atoms with Crippen molar-refractivity contribution in [2.24, 2.45) is 0 Å². The lowest BCUT2D eigenvalue weighted by Crippen LogP contribution is -2.54. The molecule has 30 heavy (non-hydrogen) atoms. The standard InChI is InChI=1S/C20H28F2N2O5S/c21-19(22)29-17-3-5-18(6-4-17)30(26,27)24-15-1-2-16(24)12-14(11-15)23-13-20(25)7-9-28-10-8-20/h3-6,14-16,19,23,25H,1-2,7-13H2/t14?,15-,16+. The second kappa shape index (κ2) is 8.66. The predicted octanol–water partition coefficient (Wildman–Crippen LogP) is 2.10. The first kappa shape index (κ1) is 21.9. The predicted molar refractivity (Wildman–Crippen MR) is 105 cm³/mol. The smallest absolute Gasteiger partial charge is 0.387 e. The van der Waals surface area contributed by atoms with Crippen LogP contribution in [-0.4, -0.2) is 67.9 Å². The minimum Gasteiger partial charge on any atom is -0.435 e. The van der Waals surface area contributed by atoms with Crippen molar-refractivity contribution >= 4 is 10.0 Å². The number of benzene rings is 1. The van der Waals surface area contributed by atoms with E-state index in [4.69, 9.17) is 4.74 Å². The summed E-state index contributed by atoms with van der Waals surface area (Å²) < 4.78 is 62.3. The first-order valence-corrected chi connectivity index (χ1v) is 11.8. The molecule has 0 amide bonds. The largest absolute Gasteiger partial charge is 0.435 e. The average Bonchev–Trinajstić information content (AvgIpc) is 2.99. The summed E-state index contributed by atoms with van der Waals surface area (Å²) in [4.78, 5) is 0.0870. The zero-order valence-corrected chi connectivity index (χ0v) is 17.5. The highest BCUT2D eigenvalue weighted by molar-refractivity contribution is 7.89. The lowest BCUT2D eigenvalue weighted by atomic mass is 9.92. The number of rotatable bonds is 7. The molecule has 0 aromatic heterocycles. The summed E-state index contributed by atoms with van der Waals surface area (Å²) in [6, 6.07) is 5.09. The second-order valence-corrected chi connectivity index (χ2v) is 10.3. The zero-order chi connectivity index (χ0) is 21.4. The third-order valence-corrected chi connectivity index (χ3v) is 8.45. The van der Waals surface area contributed by atoms with Gasteiger partial charge in [-0.3, -0.25) is 0 Å². The minimum atomic E-state index is -3.72. The molecule has 2 N–H and O–H groups in total. The van der Waals surface area contributed by atoms with Crippen LogP contribution in [0.1, 0.15) is 38.5 Å². The molecule has 0 aliphatic carbocycles. The Bertz CT molecular complexity index is 816. The molecule has 3 aliphatic rings. The first-order valence-electron chi connectivity index (χ1n) is 10.4. The molecule has 3 fully saturated rings. The summed E-state index contributed by atoms with van der Waals surface area (Å²) >= 11 is 0. The highest BCUT2D eigenvalue weighted by Gasteiger charge is 2.47. The van der Waals surface area contributed by atoms with Crippen LogP contribution in [0.5, 0.6) is 5.75 Å². The molecule has 2 bridgehead atoms. The fraction of sp³-hybridized carbons (Fsp3) is 0.700. The lowest BCUT2D eigenvalue weighted by Gasteiger charge is -2.40. The number of fused-ring (bicyclic) bond motifs is 2. The Labute approximate surface area is 175 Å². The Hall–Kier alpha value is -1.33. The molecule has 0 saturated carbocycles. The van der Waals surface area contributed by atoms with Gasteiger partial charge in [0.2, 0.25) is 10.0 Å². The molecule has 0 radical (unpaired) electrons. The fourth-order valence-electron chi connectivity index (χ4n) is 4.87. The number of halogens is 2. The van der Waals surface area contributed by atoms with E-state index < -0.39 is 22.2 Å². The van der Waals surface area contributed by atoms with Gasteiger partial charge in [-0.25, -0.2) is 8.42 Å². The Morgan fingerprint density at radius 3 is 2.33 bits per heavy atom. The number of alkyl halides is 2. The summed E-state index contributed by atoms with van der Waals surface area (Å²) in [6.45, 7) is -1.35. The quantitative estimate of drug-likeness (QED) is 0.667. The van der Waals surface area contributed by atoms with Crippen LogP contribution in [0.15, 0.2) is 29.2 Å². The van der Waals surface area contributed by atoms with Gasteiger partial charge < -0.3 is 19.9 Å². The number of ether oxygens (including phenoxy) is 2. The number of hydrogen-bond donors (Lipinski definition) is 2. The Kier molecular flexibility index (Phi) is 6.32. The number of sulfonamides is 1. The van der Waals surface area contributed by atoms with Crippen LogP contribution in [0, 0.1) is 0 Å². The van der Waals surface area contributed by atoms with E-state index in [2.05, 4.69) is 10.1 Å². The molecule has 3 atom stereocenters. The molecule has 3 saturated heterocycles. The molecule has 3 aliphatic heterocycles. The minimum absolute atomic E-state index is 0.0686. The van der Waals surface area contributed by atoms with E-state index in [0.717, 1.165) is 12.8 Å². The van der Waals surface area contributed by atoms with Gasteiger partial charge in [-0.05, 0) is 49.9 Å². The highest BCUT2D eigenvalue weighted by Crippen LogP contribution is 2.40. The van der Waals surface area contributed by atoms with Crippen molar-refractivity contribution in [3.05, 3.63) is 24.3 Å². The number of hydrogen-bond acceptors (Lipinski definition) is 6. The van der Waals surface area contributed by atoms with Gasteiger partial charge in [0.05, 0.1) is 10.5 Å². The monoisotopic (exact) mass is 446 g/mol. The summed E-state index contributed by atoms with van der Waals surface area (Å²) in [5.74, 6) is -0.0686. The molecular weight excluding hydrogens is 418 g/mol. The van der Waals surface area contributed by atoms with Gasteiger partial charge in [-0.2, -0.15) is 13.1 Å². The van der Waals surface area contributed by atoms with Crippen molar-refractivity contribution in [1.29, 1.82) is 0 Å². The zero-order valence-electron chi connectivity index (χ0n) is 16.7. The maximum atomic E-state index is 13.2. The van der Waals surface area contributed by atoms with Crippen LogP contribution >= 0.6 is 0 Å². The maximum Gasteiger partial charge on any atom is 0.387 e. The van der Waals surface area contributed by atoms with Crippen molar-refractivity contribution in [2.75, 3.05) is 19.8 Å². The Balaban J connectivity index is 1.40. The number of nitrogens with one attached hydrogen (secondary N) is 1. The third kappa shape index (κ3) is 4.62. The van der Waals surface area contributed by atoms with Gasteiger partial charge in [-0.1, -0.05) is 0 Å². The lowest BCUT2D eigenvalue weighted by molar-refractivity contribution is -0.0637.